The normalized spacial score (nSPS) is 9.64. The van der Waals surface area contributed by atoms with E-state index >= 15 is 0 Å². The summed E-state index contributed by atoms with van der Waals surface area (Å²) in [6.45, 7) is 5.48. The van der Waals surface area contributed by atoms with Crippen molar-refractivity contribution in [2.75, 3.05) is 6.61 Å². The van der Waals surface area contributed by atoms with Crippen LogP contribution in [0.5, 0.6) is 0 Å². The third-order valence-corrected chi connectivity index (χ3v) is 0.890. The average molecular weight is 200 g/mol. The molecule has 1 N–H and O–H groups in total. The van der Waals surface area contributed by atoms with Gasteiger partial charge in [0.1, 0.15) is 0 Å². The maximum Gasteiger partial charge on any atom is 0.328 e. The van der Waals surface area contributed by atoms with Crippen LogP contribution in [0, 0.1) is 0 Å². The molecule has 0 saturated carbocycles. The Morgan fingerprint density at radius 2 is 1.93 bits per heavy atom. The second-order valence-electron chi connectivity index (χ2n) is 2.15. The molecule has 0 aliphatic heterocycles. The molecule has 4 nitrogen and oxygen atoms in total. The molecule has 4 heteroatoms. The van der Waals surface area contributed by atoms with Crippen LogP contribution in [-0.2, 0) is 14.3 Å². The maximum absolute atomic E-state index is 9.82. The molecule has 0 spiro atoms. The Morgan fingerprint density at radius 1 is 1.36 bits per heavy atom. The number of carbonyl (C=O) groups excluding carboxylic acids is 1. The number of aliphatic carboxylic acids is 1. The third-order valence-electron chi connectivity index (χ3n) is 0.890. The van der Waals surface area contributed by atoms with Crippen molar-refractivity contribution in [3.8, 4) is 0 Å². The van der Waals surface area contributed by atoms with E-state index in [1.807, 2.05) is 6.92 Å². The number of allylic oxidation sites excluding steroid dienone is 3. The molecular formula is C10H16O4. The monoisotopic (exact) mass is 200 g/mol. The zero-order chi connectivity index (χ0) is 11.4. The second kappa shape index (κ2) is 11.4. The summed E-state index contributed by atoms with van der Waals surface area (Å²) in [5.41, 5.74) is 0. The van der Waals surface area contributed by atoms with Crippen LogP contribution in [0.2, 0.25) is 0 Å². The number of hydrogen-bond donors (Lipinski definition) is 1. The molecule has 0 saturated heterocycles. The quantitative estimate of drug-likeness (QED) is 0.428. The molecule has 14 heavy (non-hydrogen) atoms. The molecule has 80 valence electrons. The Morgan fingerprint density at radius 3 is 2.14 bits per heavy atom. The van der Waals surface area contributed by atoms with Crippen LogP contribution < -0.4 is 0 Å². The SMILES string of the molecule is CC=CC=CC(=O)O.CCOC(C)=O. The van der Waals surface area contributed by atoms with E-state index in [4.69, 9.17) is 5.11 Å². The van der Waals surface area contributed by atoms with Crippen LogP contribution in [0.3, 0.4) is 0 Å². The zero-order valence-corrected chi connectivity index (χ0v) is 8.69. The topological polar surface area (TPSA) is 63.6 Å². The van der Waals surface area contributed by atoms with Crippen LogP contribution in [0.1, 0.15) is 20.8 Å². The average Bonchev–Trinajstić information content (AvgIpc) is 2.05. The lowest BCUT2D eigenvalue weighted by Gasteiger charge is -1.89. The maximum atomic E-state index is 9.82. The van der Waals surface area contributed by atoms with Crippen LogP contribution in [-0.4, -0.2) is 23.7 Å². The predicted octanol–water partition coefficient (Wildman–Crippen LogP) is 1.77. The zero-order valence-electron chi connectivity index (χ0n) is 8.69. The number of esters is 1. The number of carboxylic acid groups (broad SMARTS) is 1. The smallest absolute Gasteiger partial charge is 0.328 e. The summed E-state index contributed by atoms with van der Waals surface area (Å²) in [4.78, 5) is 19.6. The number of ether oxygens (including phenoxy) is 1. The van der Waals surface area contributed by atoms with Crippen molar-refractivity contribution in [1.82, 2.24) is 0 Å². The van der Waals surface area contributed by atoms with Gasteiger partial charge in [-0.05, 0) is 13.8 Å². The van der Waals surface area contributed by atoms with Crippen LogP contribution in [0.15, 0.2) is 24.3 Å². The molecule has 0 aromatic rings. The second-order valence-corrected chi connectivity index (χ2v) is 2.15. The minimum atomic E-state index is -0.914. The summed E-state index contributed by atoms with van der Waals surface area (Å²) in [5.74, 6) is -1.12. The Bertz CT molecular complexity index is 216. The van der Waals surface area contributed by atoms with Crippen LogP contribution in [0.25, 0.3) is 0 Å². The van der Waals surface area contributed by atoms with Gasteiger partial charge in [-0.1, -0.05) is 18.2 Å². The molecule has 0 heterocycles. The highest BCUT2D eigenvalue weighted by atomic mass is 16.5. The van der Waals surface area contributed by atoms with Gasteiger partial charge < -0.3 is 9.84 Å². The lowest BCUT2D eigenvalue weighted by atomic mass is 10.4. The number of carbonyl (C=O) groups is 2. The summed E-state index contributed by atoms with van der Waals surface area (Å²) in [6.07, 6.45) is 5.98. The van der Waals surface area contributed by atoms with Crippen molar-refractivity contribution in [1.29, 1.82) is 0 Å². The van der Waals surface area contributed by atoms with E-state index in [9.17, 15) is 9.59 Å². The van der Waals surface area contributed by atoms with Gasteiger partial charge >= 0.3 is 11.9 Å². The molecule has 0 rings (SSSR count). The number of hydrogen-bond acceptors (Lipinski definition) is 3. The van der Waals surface area contributed by atoms with Crippen molar-refractivity contribution in [3.05, 3.63) is 24.3 Å². The van der Waals surface area contributed by atoms with Crippen molar-refractivity contribution >= 4 is 11.9 Å². The summed E-state index contributed by atoms with van der Waals surface area (Å²) in [7, 11) is 0. The van der Waals surface area contributed by atoms with E-state index in [-0.39, 0.29) is 5.97 Å². The highest BCUT2D eigenvalue weighted by Gasteiger charge is 1.81. The summed E-state index contributed by atoms with van der Waals surface area (Å²) in [6, 6.07) is 0. The van der Waals surface area contributed by atoms with E-state index < -0.39 is 5.97 Å². The largest absolute Gasteiger partial charge is 0.478 e. The molecule has 0 bridgehead atoms. The summed E-state index contributed by atoms with van der Waals surface area (Å²) < 4.78 is 4.40. The Hall–Kier alpha value is -1.58. The molecule has 0 aromatic carbocycles. The van der Waals surface area contributed by atoms with Gasteiger partial charge in [-0.15, -0.1) is 0 Å². The molecule has 0 fully saturated rings. The van der Waals surface area contributed by atoms with Gasteiger partial charge in [0.2, 0.25) is 0 Å². The predicted molar refractivity (Wildman–Crippen MR) is 53.9 cm³/mol. The molecule has 0 radical (unpaired) electrons. The van der Waals surface area contributed by atoms with E-state index in [0.717, 1.165) is 6.08 Å². The summed E-state index contributed by atoms with van der Waals surface area (Å²) >= 11 is 0. The molecule has 0 aromatic heterocycles. The first-order valence-electron chi connectivity index (χ1n) is 4.20. The van der Waals surface area contributed by atoms with Crippen molar-refractivity contribution < 1.29 is 19.4 Å². The molecule has 0 amide bonds. The van der Waals surface area contributed by atoms with Crippen molar-refractivity contribution in [3.63, 3.8) is 0 Å². The van der Waals surface area contributed by atoms with E-state index in [1.165, 1.54) is 13.0 Å². The fraction of sp³-hybridized carbons (Fsp3) is 0.400. The Kier molecular flexibility index (Phi) is 12.2. The van der Waals surface area contributed by atoms with Gasteiger partial charge in [-0.2, -0.15) is 0 Å². The first-order chi connectivity index (χ1) is 6.54. The van der Waals surface area contributed by atoms with Crippen LogP contribution in [0.4, 0.5) is 0 Å². The van der Waals surface area contributed by atoms with Crippen LogP contribution >= 0.6 is 0 Å². The first-order valence-corrected chi connectivity index (χ1v) is 4.20. The lowest BCUT2D eigenvalue weighted by Crippen LogP contribution is -1.95. The van der Waals surface area contributed by atoms with E-state index in [1.54, 1.807) is 19.1 Å². The van der Waals surface area contributed by atoms with Gasteiger partial charge in [0.25, 0.3) is 0 Å². The Labute approximate surface area is 83.9 Å². The highest BCUT2D eigenvalue weighted by Crippen LogP contribution is 1.74. The third kappa shape index (κ3) is 22.4. The number of carboxylic acids is 1. The standard InChI is InChI=1S/C6H8O2.C4H8O2/c1-2-3-4-5-6(7)8;1-3-6-4(2)5/h2-5H,1H3,(H,7,8);3H2,1-2H3. The van der Waals surface area contributed by atoms with Gasteiger partial charge in [-0.25, -0.2) is 4.79 Å². The fourth-order valence-electron chi connectivity index (χ4n) is 0.452. The number of rotatable bonds is 3. The molecule has 0 aliphatic rings. The van der Waals surface area contributed by atoms with E-state index in [2.05, 4.69) is 4.74 Å². The molecular weight excluding hydrogens is 184 g/mol. The van der Waals surface area contributed by atoms with Gasteiger partial charge in [0.05, 0.1) is 6.61 Å². The van der Waals surface area contributed by atoms with Gasteiger partial charge in [0.15, 0.2) is 0 Å². The Balaban J connectivity index is 0. The lowest BCUT2D eigenvalue weighted by molar-refractivity contribution is -0.140. The van der Waals surface area contributed by atoms with Gasteiger partial charge in [-0.3, -0.25) is 4.79 Å². The van der Waals surface area contributed by atoms with Crippen molar-refractivity contribution in [2.45, 2.75) is 20.8 Å². The minimum absolute atomic E-state index is 0.211. The van der Waals surface area contributed by atoms with E-state index in [0.29, 0.717) is 6.61 Å². The minimum Gasteiger partial charge on any atom is -0.478 e. The molecule has 0 atom stereocenters. The van der Waals surface area contributed by atoms with Crippen molar-refractivity contribution in [2.24, 2.45) is 0 Å². The van der Waals surface area contributed by atoms with Gasteiger partial charge in [0, 0.05) is 13.0 Å². The highest BCUT2D eigenvalue weighted by molar-refractivity contribution is 5.80. The molecule has 0 unspecified atom stereocenters. The summed E-state index contributed by atoms with van der Waals surface area (Å²) in [5, 5.41) is 8.02. The fourth-order valence-corrected chi connectivity index (χ4v) is 0.452. The first kappa shape index (κ1) is 14.9. The molecule has 0 aliphatic carbocycles.